The van der Waals surface area contributed by atoms with E-state index in [1.165, 1.54) is 49.4 Å². The number of rotatable bonds is 9. The molecule has 2 aliphatic rings. The van der Waals surface area contributed by atoms with E-state index in [1.807, 2.05) is 6.07 Å². The monoisotopic (exact) mass is 525 g/mol. The van der Waals surface area contributed by atoms with E-state index in [-0.39, 0.29) is 10.9 Å². The van der Waals surface area contributed by atoms with Crippen molar-refractivity contribution >= 4 is 40.6 Å². The van der Waals surface area contributed by atoms with Crippen LogP contribution in [-0.4, -0.2) is 34.2 Å². The van der Waals surface area contributed by atoms with Crippen molar-refractivity contribution in [2.24, 2.45) is 5.92 Å². The van der Waals surface area contributed by atoms with Crippen LogP contribution in [0.1, 0.15) is 79.3 Å². The first-order chi connectivity index (χ1) is 17.5. The van der Waals surface area contributed by atoms with Gasteiger partial charge in [-0.05, 0) is 49.3 Å². The van der Waals surface area contributed by atoms with Crippen molar-refractivity contribution in [2.75, 3.05) is 12.3 Å². The number of ether oxygens (including phenoxy) is 1. The number of thioether (sulfide) groups is 2. The van der Waals surface area contributed by atoms with Crippen molar-refractivity contribution in [1.29, 1.82) is 0 Å². The summed E-state index contributed by atoms with van der Waals surface area (Å²) in [6.07, 6.45) is 8.02. The molecule has 2 aromatic carbocycles. The molecule has 0 bridgehead atoms. The SMILES string of the molecule is C[C@H](CSC(=O)c1ccccc1)C(=O)OC(=O)[C@@]1(SCc2ccc(C3CCCCC3)cc2)CCCN1. The van der Waals surface area contributed by atoms with E-state index in [2.05, 4.69) is 29.6 Å². The van der Waals surface area contributed by atoms with Gasteiger partial charge in [-0.2, -0.15) is 0 Å². The van der Waals surface area contributed by atoms with Crippen molar-refractivity contribution in [3.05, 3.63) is 71.3 Å². The smallest absolute Gasteiger partial charge is 0.344 e. The van der Waals surface area contributed by atoms with Crippen molar-refractivity contribution in [2.45, 2.75) is 68.4 Å². The maximum Gasteiger partial charge on any atom is 0.344 e. The molecular weight excluding hydrogens is 490 g/mol. The van der Waals surface area contributed by atoms with Gasteiger partial charge in [-0.15, -0.1) is 11.8 Å². The summed E-state index contributed by atoms with van der Waals surface area (Å²) in [5, 5.41) is 3.20. The van der Waals surface area contributed by atoms with Crippen LogP contribution in [0.5, 0.6) is 0 Å². The van der Waals surface area contributed by atoms with Crippen molar-refractivity contribution in [3.8, 4) is 0 Å². The molecule has 0 spiro atoms. The normalized spacial score (nSPS) is 21.1. The maximum absolute atomic E-state index is 13.1. The zero-order chi connectivity index (χ0) is 25.4. The van der Waals surface area contributed by atoms with Gasteiger partial charge in [0.1, 0.15) is 0 Å². The number of esters is 2. The number of hydrogen-bond acceptors (Lipinski definition) is 7. The highest BCUT2D eigenvalue weighted by molar-refractivity contribution is 8.14. The number of hydrogen-bond donors (Lipinski definition) is 1. The van der Waals surface area contributed by atoms with Crippen LogP contribution in [-0.2, 0) is 20.1 Å². The van der Waals surface area contributed by atoms with Crippen LogP contribution in [0.4, 0.5) is 0 Å². The molecule has 1 saturated carbocycles. The molecule has 0 radical (unpaired) electrons. The molecule has 36 heavy (non-hydrogen) atoms. The van der Waals surface area contributed by atoms with E-state index < -0.39 is 22.7 Å². The fourth-order valence-corrected chi connectivity index (χ4v) is 6.90. The Morgan fingerprint density at radius 3 is 2.39 bits per heavy atom. The van der Waals surface area contributed by atoms with E-state index in [0.29, 0.717) is 30.2 Å². The van der Waals surface area contributed by atoms with Gasteiger partial charge in [-0.1, -0.05) is 92.5 Å². The lowest BCUT2D eigenvalue weighted by atomic mass is 9.84. The Labute approximate surface area is 222 Å². The second-order valence-corrected chi connectivity index (χ2v) is 12.1. The fraction of sp³-hybridized carbons (Fsp3) is 0.483. The maximum atomic E-state index is 13.1. The number of nitrogens with one attached hydrogen (secondary N) is 1. The Kier molecular flexibility index (Phi) is 9.68. The molecule has 2 aromatic rings. The lowest BCUT2D eigenvalue weighted by molar-refractivity contribution is -0.163. The van der Waals surface area contributed by atoms with Gasteiger partial charge >= 0.3 is 11.9 Å². The summed E-state index contributed by atoms with van der Waals surface area (Å²) in [5.74, 6) is -0.0762. The average Bonchev–Trinajstić information content (AvgIpc) is 3.42. The van der Waals surface area contributed by atoms with E-state index in [0.717, 1.165) is 23.7 Å². The molecule has 0 amide bonds. The molecule has 0 aromatic heterocycles. The van der Waals surface area contributed by atoms with Gasteiger partial charge in [0.15, 0.2) is 4.87 Å². The average molecular weight is 526 g/mol. The topological polar surface area (TPSA) is 72.5 Å². The number of carbonyl (C=O) groups excluding carboxylic acids is 3. The van der Waals surface area contributed by atoms with Gasteiger partial charge in [-0.25, -0.2) is 4.79 Å². The molecule has 1 saturated heterocycles. The molecule has 2 fully saturated rings. The summed E-state index contributed by atoms with van der Waals surface area (Å²) in [4.78, 5) is 37.2. The van der Waals surface area contributed by atoms with Crippen LogP contribution in [0.2, 0.25) is 0 Å². The second kappa shape index (κ2) is 12.9. The minimum absolute atomic E-state index is 0.0967. The van der Waals surface area contributed by atoms with Crippen LogP contribution in [0.15, 0.2) is 54.6 Å². The van der Waals surface area contributed by atoms with Crippen molar-refractivity contribution in [1.82, 2.24) is 5.32 Å². The quantitative estimate of drug-likeness (QED) is 0.303. The van der Waals surface area contributed by atoms with E-state index >= 15 is 0 Å². The highest BCUT2D eigenvalue weighted by Gasteiger charge is 2.44. The van der Waals surface area contributed by atoms with Gasteiger partial charge in [0.2, 0.25) is 5.12 Å². The summed E-state index contributed by atoms with van der Waals surface area (Å²) >= 11 is 2.58. The van der Waals surface area contributed by atoms with E-state index in [9.17, 15) is 14.4 Å². The Bertz CT molecular complexity index is 1030. The summed E-state index contributed by atoms with van der Waals surface area (Å²) in [6.45, 7) is 2.41. The second-order valence-electron chi connectivity index (χ2n) is 9.80. The molecule has 0 unspecified atom stereocenters. The standard InChI is InChI=1S/C29H35NO4S2/c1-21(19-35-27(32)25-11-6-3-7-12-25)26(31)34-28(33)29(17-8-18-30-29)36-20-22-13-15-24(16-14-22)23-9-4-2-5-10-23/h3,6-7,11-16,21,23,30H,2,4-5,8-10,17-20H2,1H3/t21-,29+/m1/s1. The third kappa shape index (κ3) is 7.02. The van der Waals surface area contributed by atoms with Crippen LogP contribution in [0, 0.1) is 5.92 Å². The third-order valence-electron chi connectivity index (χ3n) is 7.06. The van der Waals surface area contributed by atoms with E-state index in [1.54, 1.807) is 31.2 Å². The predicted molar refractivity (Wildman–Crippen MR) is 147 cm³/mol. The largest absolute Gasteiger partial charge is 0.391 e. The first-order valence-corrected chi connectivity index (χ1v) is 14.9. The lowest BCUT2D eigenvalue weighted by Gasteiger charge is -2.26. The fourth-order valence-electron chi connectivity index (χ4n) is 4.80. The van der Waals surface area contributed by atoms with Crippen molar-refractivity contribution in [3.63, 3.8) is 0 Å². The highest BCUT2D eigenvalue weighted by Crippen LogP contribution is 2.37. The molecule has 1 aliphatic carbocycles. The molecular formula is C29H35NO4S2. The first-order valence-electron chi connectivity index (χ1n) is 12.9. The van der Waals surface area contributed by atoms with Crippen LogP contribution in [0.25, 0.3) is 0 Å². The zero-order valence-electron chi connectivity index (χ0n) is 20.9. The zero-order valence-corrected chi connectivity index (χ0v) is 22.5. The highest BCUT2D eigenvalue weighted by atomic mass is 32.2. The summed E-state index contributed by atoms with van der Waals surface area (Å²) in [7, 11) is 0. The minimum Gasteiger partial charge on any atom is -0.391 e. The molecule has 1 N–H and O–H groups in total. The molecule has 1 heterocycles. The Balaban J connectivity index is 1.29. The Morgan fingerprint density at radius 2 is 1.72 bits per heavy atom. The minimum atomic E-state index is -0.912. The van der Waals surface area contributed by atoms with Gasteiger partial charge in [0.25, 0.3) is 0 Å². The van der Waals surface area contributed by atoms with Crippen LogP contribution < -0.4 is 5.32 Å². The molecule has 4 rings (SSSR count). The van der Waals surface area contributed by atoms with E-state index in [4.69, 9.17) is 4.74 Å². The molecule has 192 valence electrons. The summed E-state index contributed by atoms with van der Waals surface area (Å²) < 4.78 is 5.34. The number of benzene rings is 2. The van der Waals surface area contributed by atoms with Gasteiger partial charge in [0.05, 0.1) is 5.92 Å². The van der Waals surface area contributed by atoms with Crippen LogP contribution >= 0.6 is 23.5 Å². The first kappa shape index (κ1) is 27.0. The molecule has 1 aliphatic heterocycles. The summed E-state index contributed by atoms with van der Waals surface area (Å²) in [6, 6.07) is 17.8. The Hall–Kier alpha value is -2.09. The van der Waals surface area contributed by atoms with Crippen LogP contribution in [0.3, 0.4) is 0 Å². The van der Waals surface area contributed by atoms with Gasteiger partial charge in [-0.3, -0.25) is 14.9 Å². The molecule has 5 nitrogen and oxygen atoms in total. The third-order valence-corrected chi connectivity index (χ3v) is 9.71. The lowest BCUT2D eigenvalue weighted by Crippen LogP contribution is -2.47. The van der Waals surface area contributed by atoms with Gasteiger partial charge in [0, 0.05) is 17.1 Å². The predicted octanol–water partition coefficient (Wildman–Crippen LogP) is 6.33. The Morgan fingerprint density at radius 1 is 1.00 bits per heavy atom. The number of carbonyl (C=O) groups is 3. The summed E-state index contributed by atoms with van der Waals surface area (Å²) in [5.41, 5.74) is 3.17. The molecule has 2 atom stereocenters. The van der Waals surface area contributed by atoms with Crippen molar-refractivity contribution < 1.29 is 19.1 Å². The molecule has 7 heteroatoms. The van der Waals surface area contributed by atoms with Gasteiger partial charge < -0.3 is 4.74 Å².